The number of halogens is 3. The van der Waals surface area contributed by atoms with Crippen LogP contribution in [0, 0.1) is 13.8 Å². The molecule has 1 aromatic carbocycles. The highest BCUT2D eigenvalue weighted by Gasteiger charge is 2.17. The molecule has 0 aliphatic heterocycles. The number of rotatable bonds is 2. The second-order valence-electron chi connectivity index (χ2n) is 4.22. The van der Waals surface area contributed by atoms with Crippen LogP contribution < -0.4 is 5.73 Å². The quantitative estimate of drug-likeness (QED) is 0.620. The molecule has 0 aliphatic rings. The lowest BCUT2D eigenvalue weighted by Crippen LogP contribution is -2.13. The van der Waals surface area contributed by atoms with Gasteiger partial charge in [-0.25, -0.2) is 0 Å². The van der Waals surface area contributed by atoms with Crippen molar-refractivity contribution in [1.82, 2.24) is 0 Å². The SMILES string of the molecule is Cc1cc(C(N)c2cc(Br)sc2Br)c(C)cc1Br. The van der Waals surface area contributed by atoms with E-state index in [1.54, 1.807) is 11.3 Å². The molecule has 0 saturated heterocycles. The minimum absolute atomic E-state index is 0.103. The van der Waals surface area contributed by atoms with Crippen LogP contribution in [0.3, 0.4) is 0 Å². The topological polar surface area (TPSA) is 26.0 Å². The van der Waals surface area contributed by atoms with Gasteiger partial charge in [-0.05, 0) is 80.1 Å². The van der Waals surface area contributed by atoms with Gasteiger partial charge in [0.25, 0.3) is 0 Å². The summed E-state index contributed by atoms with van der Waals surface area (Å²) >= 11 is 12.3. The van der Waals surface area contributed by atoms with Gasteiger partial charge in [-0.1, -0.05) is 22.0 Å². The largest absolute Gasteiger partial charge is 0.320 e. The molecule has 0 spiro atoms. The Kier molecular flexibility index (Phi) is 4.70. The Morgan fingerprint density at radius 3 is 2.22 bits per heavy atom. The number of hydrogen-bond acceptors (Lipinski definition) is 2. The van der Waals surface area contributed by atoms with Gasteiger partial charge in [-0.15, -0.1) is 11.3 Å². The average Bonchev–Trinajstić information content (AvgIpc) is 2.62. The molecule has 0 bridgehead atoms. The van der Waals surface area contributed by atoms with Gasteiger partial charge in [0.05, 0.1) is 13.6 Å². The first-order valence-electron chi connectivity index (χ1n) is 5.37. The van der Waals surface area contributed by atoms with Gasteiger partial charge in [0, 0.05) is 4.47 Å². The average molecular weight is 454 g/mol. The third-order valence-electron chi connectivity index (χ3n) is 2.90. The minimum Gasteiger partial charge on any atom is -0.320 e. The van der Waals surface area contributed by atoms with Crippen LogP contribution in [-0.4, -0.2) is 0 Å². The number of hydrogen-bond donors (Lipinski definition) is 1. The first kappa shape index (κ1) is 14.7. The van der Waals surface area contributed by atoms with E-state index in [1.807, 2.05) is 0 Å². The van der Waals surface area contributed by atoms with Gasteiger partial charge >= 0.3 is 0 Å². The van der Waals surface area contributed by atoms with E-state index in [-0.39, 0.29) is 6.04 Å². The van der Waals surface area contributed by atoms with Crippen molar-refractivity contribution < 1.29 is 0 Å². The first-order valence-corrected chi connectivity index (χ1v) is 8.56. The lowest BCUT2D eigenvalue weighted by molar-refractivity contribution is 0.859. The van der Waals surface area contributed by atoms with E-state index in [1.165, 1.54) is 16.7 Å². The Bertz CT molecular complexity index is 592. The molecule has 2 aromatic rings. The lowest BCUT2D eigenvalue weighted by atomic mass is 9.96. The van der Waals surface area contributed by atoms with Crippen molar-refractivity contribution in [3.8, 4) is 0 Å². The molecule has 1 nitrogen and oxygen atoms in total. The van der Waals surface area contributed by atoms with Crippen LogP contribution in [0.15, 0.2) is 30.2 Å². The molecule has 2 N–H and O–H groups in total. The maximum Gasteiger partial charge on any atom is 0.0761 e. The predicted molar refractivity (Wildman–Crippen MR) is 89.4 cm³/mol. The van der Waals surface area contributed by atoms with E-state index in [0.29, 0.717) is 0 Å². The van der Waals surface area contributed by atoms with E-state index in [2.05, 4.69) is 79.8 Å². The van der Waals surface area contributed by atoms with E-state index >= 15 is 0 Å². The summed E-state index contributed by atoms with van der Waals surface area (Å²) in [6.07, 6.45) is 0. The lowest BCUT2D eigenvalue weighted by Gasteiger charge is -2.16. The summed E-state index contributed by atoms with van der Waals surface area (Å²) in [6, 6.07) is 6.26. The van der Waals surface area contributed by atoms with Crippen LogP contribution in [0.4, 0.5) is 0 Å². The molecule has 0 amide bonds. The fourth-order valence-corrected chi connectivity index (χ4v) is 5.26. The third kappa shape index (κ3) is 2.90. The number of aryl methyl sites for hydroxylation is 2. The smallest absolute Gasteiger partial charge is 0.0761 e. The van der Waals surface area contributed by atoms with Crippen LogP contribution in [0.1, 0.15) is 28.3 Å². The zero-order chi connectivity index (χ0) is 13.4. The van der Waals surface area contributed by atoms with Crippen molar-refractivity contribution in [1.29, 1.82) is 0 Å². The molecular formula is C13H12Br3NS. The molecule has 18 heavy (non-hydrogen) atoms. The van der Waals surface area contributed by atoms with Gasteiger partial charge in [0.15, 0.2) is 0 Å². The molecule has 2 rings (SSSR count). The molecule has 0 saturated carbocycles. The summed E-state index contributed by atoms with van der Waals surface area (Å²) in [5, 5.41) is 0. The zero-order valence-electron chi connectivity index (χ0n) is 9.93. The first-order chi connectivity index (χ1) is 8.40. The molecule has 5 heteroatoms. The minimum atomic E-state index is -0.103. The second kappa shape index (κ2) is 5.75. The van der Waals surface area contributed by atoms with Crippen molar-refractivity contribution in [2.24, 2.45) is 5.73 Å². The number of thiophene rings is 1. The Morgan fingerprint density at radius 2 is 1.67 bits per heavy atom. The van der Waals surface area contributed by atoms with Gasteiger partial charge < -0.3 is 5.73 Å². The fraction of sp³-hybridized carbons (Fsp3) is 0.231. The van der Waals surface area contributed by atoms with Gasteiger partial charge in [0.1, 0.15) is 0 Å². The summed E-state index contributed by atoms with van der Waals surface area (Å²) in [5.41, 5.74) is 11.1. The van der Waals surface area contributed by atoms with Crippen molar-refractivity contribution in [2.75, 3.05) is 0 Å². The van der Waals surface area contributed by atoms with Crippen LogP contribution >= 0.6 is 59.1 Å². The van der Waals surface area contributed by atoms with E-state index in [0.717, 1.165) is 17.6 Å². The summed E-state index contributed by atoms with van der Waals surface area (Å²) in [4.78, 5) is 0. The van der Waals surface area contributed by atoms with Crippen molar-refractivity contribution in [3.63, 3.8) is 0 Å². The second-order valence-corrected chi connectivity index (χ2v) is 8.82. The molecule has 0 radical (unpaired) electrons. The fourth-order valence-electron chi connectivity index (χ4n) is 1.87. The van der Waals surface area contributed by atoms with Crippen molar-refractivity contribution in [3.05, 3.63) is 52.5 Å². The third-order valence-corrected chi connectivity index (χ3v) is 6.14. The molecule has 1 heterocycles. The van der Waals surface area contributed by atoms with Crippen LogP contribution in [0.25, 0.3) is 0 Å². The predicted octanol–water partition coefficient (Wildman–Crippen LogP) is 5.70. The van der Waals surface area contributed by atoms with Crippen LogP contribution in [0.2, 0.25) is 0 Å². The van der Waals surface area contributed by atoms with Crippen LogP contribution in [0.5, 0.6) is 0 Å². The molecule has 1 atom stereocenters. The summed E-state index contributed by atoms with van der Waals surface area (Å²) in [7, 11) is 0. The van der Waals surface area contributed by atoms with Crippen LogP contribution in [-0.2, 0) is 0 Å². The highest BCUT2D eigenvalue weighted by atomic mass is 79.9. The highest BCUT2D eigenvalue weighted by molar-refractivity contribution is 9.12. The van der Waals surface area contributed by atoms with E-state index in [9.17, 15) is 0 Å². The van der Waals surface area contributed by atoms with Gasteiger partial charge in [-0.2, -0.15) is 0 Å². The van der Waals surface area contributed by atoms with Crippen molar-refractivity contribution >= 4 is 59.1 Å². The molecule has 0 fully saturated rings. The number of benzene rings is 1. The monoisotopic (exact) mass is 451 g/mol. The van der Waals surface area contributed by atoms with E-state index in [4.69, 9.17) is 5.73 Å². The van der Waals surface area contributed by atoms with Gasteiger partial charge in [-0.3, -0.25) is 0 Å². The standard InChI is InChI=1S/C13H12Br3NS/c1-6-4-10(14)7(2)3-8(6)12(17)9-5-11(15)18-13(9)16/h3-5,12H,17H2,1-2H3. The Morgan fingerprint density at radius 1 is 1.00 bits per heavy atom. The Labute approximate surface area is 136 Å². The Balaban J connectivity index is 2.49. The maximum absolute atomic E-state index is 6.39. The molecule has 1 aromatic heterocycles. The molecule has 1 unspecified atom stereocenters. The number of nitrogens with two attached hydrogens (primary N) is 1. The molecular weight excluding hydrogens is 442 g/mol. The van der Waals surface area contributed by atoms with E-state index < -0.39 is 0 Å². The maximum atomic E-state index is 6.39. The molecule has 0 aliphatic carbocycles. The highest BCUT2D eigenvalue weighted by Crippen LogP contribution is 2.38. The van der Waals surface area contributed by atoms with Gasteiger partial charge in [0.2, 0.25) is 0 Å². The zero-order valence-corrected chi connectivity index (χ0v) is 15.5. The van der Waals surface area contributed by atoms with Crippen molar-refractivity contribution in [2.45, 2.75) is 19.9 Å². The summed E-state index contributed by atoms with van der Waals surface area (Å²) < 4.78 is 3.30. The Hall–Kier alpha value is 0.320. The summed E-state index contributed by atoms with van der Waals surface area (Å²) in [6.45, 7) is 4.17. The summed E-state index contributed by atoms with van der Waals surface area (Å²) in [5.74, 6) is 0. The molecule has 96 valence electrons. The normalized spacial score (nSPS) is 12.8.